The molecular formula is C20H19N5OS2. The van der Waals surface area contributed by atoms with E-state index in [2.05, 4.69) is 33.5 Å². The Bertz CT molecular complexity index is 1020. The van der Waals surface area contributed by atoms with Crippen molar-refractivity contribution >= 4 is 34.0 Å². The zero-order chi connectivity index (χ0) is 19.5. The summed E-state index contributed by atoms with van der Waals surface area (Å²) in [6.07, 6.45) is 4.49. The lowest BCUT2D eigenvalue weighted by atomic mass is 9.88. The van der Waals surface area contributed by atoms with Gasteiger partial charge in [0.15, 0.2) is 5.16 Å². The number of benzene rings is 1. The van der Waals surface area contributed by atoms with Gasteiger partial charge in [-0.3, -0.25) is 9.89 Å². The standard InChI is InChI=1S/C20H19N5OS2/c1-12-2-7-15-16(9-21)19(28-17(15)8-12)24-18(26)14-5-3-13(4-6-14)10-27-20-22-11-23-25-20/h3-6,11-12H,2,7-8,10H2,1H3,(H,24,26)(H,22,23,25)/t12-/m1/s1. The maximum absolute atomic E-state index is 12.7. The van der Waals surface area contributed by atoms with Gasteiger partial charge in [0.2, 0.25) is 0 Å². The number of thioether (sulfide) groups is 1. The number of aromatic nitrogens is 3. The number of nitriles is 1. The van der Waals surface area contributed by atoms with Gasteiger partial charge in [0.05, 0.1) is 5.56 Å². The van der Waals surface area contributed by atoms with E-state index in [9.17, 15) is 10.1 Å². The van der Waals surface area contributed by atoms with Crippen LogP contribution in [0.5, 0.6) is 0 Å². The van der Waals surface area contributed by atoms with E-state index in [1.165, 1.54) is 11.2 Å². The highest BCUT2D eigenvalue weighted by Crippen LogP contribution is 2.39. The van der Waals surface area contributed by atoms with E-state index in [1.54, 1.807) is 23.1 Å². The summed E-state index contributed by atoms with van der Waals surface area (Å²) in [5.74, 6) is 1.19. The topological polar surface area (TPSA) is 94.5 Å². The number of nitrogens with one attached hydrogen (secondary N) is 2. The van der Waals surface area contributed by atoms with Gasteiger partial charge < -0.3 is 5.32 Å². The molecule has 0 saturated heterocycles. The molecule has 142 valence electrons. The van der Waals surface area contributed by atoms with E-state index in [4.69, 9.17) is 0 Å². The molecule has 0 spiro atoms. The summed E-state index contributed by atoms with van der Waals surface area (Å²) in [4.78, 5) is 18.0. The van der Waals surface area contributed by atoms with Crippen LogP contribution in [0.25, 0.3) is 0 Å². The molecule has 2 aromatic heterocycles. The smallest absolute Gasteiger partial charge is 0.256 e. The first-order valence-electron chi connectivity index (χ1n) is 9.07. The predicted molar refractivity (Wildman–Crippen MR) is 111 cm³/mol. The minimum Gasteiger partial charge on any atom is -0.312 e. The summed E-state index contributed by atoms with van der Waals surface area (Å²) in [5.41, 5.74) is 3.44. The number of nitrogens with zero attached hydrogens (tertiary/aromatic N) is 3. The van der Waals surface area contributed by atoms with Gasteiger partial charge in [-0.25, -0.2) is 4.98 Å². The van der Waals surface area contributed by atoms with E-state index in [1.807, 2.05) is 24.3 Å². The lowest BCUT2D eigenvalue weighted by molar-refractivity contribution is 0.102. The molecule has 1 aromatic carbocycles. The van der Waals surface area contributed by atoms with Crippen molar-refractivity contribution < 1.29 is 4.79 Å². The van der Waals surface area contributed by atoms with Crippen molar-refractivity contribution in [3.05, 3.63) is 57.7 Å². The number of carbonyl (C=O) groups is 1. The van der Waals surface area contributed by atoms with Gasteiger partial charge in [0.25, 0.3) is 5.91 Å². The Morgan fingerprint density at radius 3 is 2.96 bits per heavy atom. The van der Waals surface area contributed by atoms with Crippen LogP contribution in [-0.2, 0) is 18.6 Å². The van der Waals surface area contributed by atoms with Crippen LogP contribution in [-0.4, -0.2) is 21.1 Å². The fourth-order valence-corrected chi connectivity index (χ4v) is 5.39. The Kier molecular flexibility index (Phi) is 5.46. The summed E-state index contributed by atoms with van der Waals surface area (Å²) in [6, 6.07) is 9.79. The highest BCUT2D eigenvalue weighted by molar-refractivity contribution is 7.98. The molecule has 4 rings (SSSR count). The van der Waals surface area contributed by atoms with Gasteiger partial charge in [0, 0.05) is 16.2 Å². The fourth-order valence-electron chi connectivity index (χ4n) is 3.30. The molecule has 1 aliphatic rings. The molecule has 2 heterocycles. The number of hydrogen-bond donors (Lipinski definition) is 2. The molecule has 0 bridgehead atoms. The molecule has 6 nitrogen and oxygen atoms in total. The van der Waals surface area contributed by atoms with Crippen LogP contribution in [0, 0.1) is 17.2 Å². The van der Waals surface area contributed by atoms with Gasteiger partial charge in [-0.05, 0) is 48.4 Å². The minimum atomic E-state index is -0.183. The van der Waals surface area contributed by atoms with E-state index in [0.29, 0.717) is 22.0 Å². The lowest BCUT2D eigenvalue weighted by Crippen LogP contribution is -2.12. The predicted octanol–water partition coefficient (Wildman–Crippen LogP) is 4.41. The van der Waals surface area contributed by atoms with Crippen molar-refractivity contribution in [2.75, 3.05) is 5.32 Å². The van der Waals surface area contributed by atoms with Crippen LogP contribution < -0.4 is 5.32 Å². The van der Waals surface area contributed by atoms with Crippen molar-refractivity contribution in [3.8, 4) is 6.07 Å². The number of rotatable bonds is 5. The highest BCUT2D eigenvalue weighted by Gasteiger charge is 2.24. The number of fused-ring (bicyclic) bond motifs is 1. The second-order valence-corrected chi connectivity index (χ2v) is 8.97. The Hall–Kier alpha value is -2.63. The number of hydrogen-bond acceptors (Lipinski definition) is 6. The minimum absolute atomic E-state index is 0.183. The summed E-state index contributed by atoms with van der Waals surface area (Å²) in [7, 11) is 0. The van der Waals surface area contributed by atoms with Crippen molar-refractivity contribution in [1.82, 2.24) is 15.2 Å². The summed E-state index contributed by atoms with van der Waals surface area (Å²) in [5, 5.41) is 20.6. The molecule has 1 aliphatic carbocycles. The second-order valence-electron chi connectivity index (χ2n) is 6.90. The Labute approximate surface area is 171 Å². The monoisotopic (exact) mass is 409 g/mol. The van der Waals surface area contributed by atoms with Crippen LogP contribution in [0.3, 0.4) is 0 Å². The van der Waals surface area contributed by atoms with Crippen molar-refractivity contribution in [2.24, 2.45) is 5.92 Å². The quantitative estimate of drug-likeness (QED) is 0.609. The third kappa shape index (κ3) is 3.96. The Morgan fingerprint density at radius 2 is 2.25 bits per heavy atom. The van der Waals surface area contributed by atoms with Gasteiger partial charge in [-0.15, -0.1) is 11.3 Å². The summed E-state index contributed by atoms with van der Waals surface area (Å²) < 4.78 is 0. The van der Waals surface area contributed by atoms with Crippen molar-refractivity contribution in [3.63, 3.8) is 0 Å². The maximum atomic E-state index is 12.7. The van der Waals surface area contributed by atoms with Gasteiger partial charge in [-0.2, -0.15) is 10.4 Å². The second kappa shape index (κ2) is 8.17. The van der Waals surface area contributed by atoms with Crippen LogP contribution in [0.4, 0.5) is 5.00 Å². The molecule has 0 aliphatic heterocycles. The first-order chi connectivity index (χ1) is 13.6. The van der Waals surface area contributed by atoms with Crippen molar-refractivity contribution in [1.29, 1.82) is 5.26 Å². The molecule has 8 heteroatoms. The third-order valence-corrected chi connectivity index (χ3v) is 6.95. The highest BCUT2D eigenvalue weighted by atomic mass is 32.2. The Balaban J connectivity index is 1.44. The van der Waals surface area contributed by atoms with Crippen LogP contribution >= 0.6 is 23.1 Å². The summed E-state index contributed by atoms with van der Waals surface area (Å²) in [6.45, 7) is 2.23. The largest absolute Gasteiger partial charge is 0.312 e. The first-order valence-corrected chi connectivity index (χ1v) is 10.9. The van der Waals surface area contributed by atoms with E-state index in [0.717, 1.165) is 41.3 Å². The average molecular weight is 410 g/mol. The van der Waals surface area contributed by atoms with E-state index < -0.39 is 0 Å². The molecule has 0 fully saturated rings. The molecule has 28 heavy (non-hydrogen) atoms. The van der Waals surface area contributed by atoms with Crippen LogP contribution in [0.1, 0.15) is 45.3 Å². The van der Waals surface area contributed by atoms with Gasteiger partial charge in [0.1, 0.15) is 17.4 Å². The number of amides is 1. The first kappa shape index (κ1) is 18.7. The van der Waals surface area contributed by atoms with Crippen molar-refractivity contribution in [2.45, 2.75) is 37.1 Å². The number of H-pyrrole nitrogens is 1. The summed E-state index contributed by atoms with van der Waals surface area (Å²) >= 11 is 3.10. The molecular weight excluding hydrogens is 390 g/mol. The molecule has 2 N–H and O–H groups in total. The number of anilines is 1. The molecule has 1 atom stereocenters. The van der Waals surface area contributed by atoms with Crippen LogP contribution in [0.2, 0.25) is 0 Å². The fraction of sp³-hybridized carbons (Fsp3) is 0.300. The van der Waals surface area contributed by atoms with Gasteiger partial charge in [-0.1, -0.05) is 30.8 Å². The maximum Gasteiger partial charge on any atom is 0.256 e. The third-order valence-electron chi connectivity index (χ3n) is 4.84. The number of thiophene rings is 1. The molecule has 0 radical (unpaired) electrons. The van der Waals surface area contributed by atoms with E-state index in [-0.39, 0.29) is 5.91 Å². The van der Waals surface area contributed by atoms with Gasteiger partial charge >= 0.3 is 0 Å². The molecule has 3 aromatic rings. The molecule has 0 unspecified atom stereocenters. The lowest BCUT2D eigenvalue weighted by Gasteiger charge is -2.17. The zero-order valence-electron chi connectivity index (χ0n) is 15.4. The van der Waals surface area contributed by atoms with Crippen LogP contribution in [0.15, 0.2) is 35.7 Å². The normalized spacial score (nSPS) is 15.6. The number of aromatic amines is 1. The number of carbonyl (C=O) groups excluding carboxylic acids is 1. The van der Waals surface area contributed by atoms with E-state index >= 15 is 0 Å². The molecule has 0 saturated carbocycles. The Morgan fingerprint density at radius 1 is 1.43 bits per heavy atom. The average Bonchev–Trinajstić information content (AvgIpc) is 3.33. The SMILES string of the molecule is C[C@@H]1CCc2c(sc(NC(=O)c3ccc(CSc4ncn[nH]4)cc3)c2C#N)C1. The molecule has 1 amide bonds. The zero-order valence-corrected chi connectivity index (χ0v) is 17.0.